The summed E-state index contributed by atoms with van der Waals surface area (Å²) in [6.07, 6.45) is -8.29. The highest BCUT2D eigenvalue weighted by atomic mass is 19.4. The van der Waals surface area contributed by atoms with Gasteiger partial charge in [-0.05, 0) is 18.9 Å². The van der Waals surface area contributed by atoms with Gasteiger partial charge >= 0.3 is 6.18 Å². The van der Waals surface area contributed by atoms with Crippen LogP contribution in [-0.2, 0) is 12.8 Å². The third-order valence-electron chi connectivity index (χ3n) is 4.15. The smallest absolute Gasteiger partial charge is 0.392 e. The van der Waals surface area contributed by atoms with Crippen LogP contribution < -0.4 is 10.6 Å². The molecule has 10 heteroatoms. The molecule has 2 heterocycles. The maximum Gasteiger partial charge on any atom is 0.433 e. The normalized spacial score (nSPS) is 23.6. The van der Waals surface area contributed by atoms with Gasteiger partial charge in [0.1, 0.15) is 11.8 Å². The molecule has 0 radical (unpaired) electrons. The van der Waals surface area contributed by atoms with Crippen molar-refractivity contribution in [1.82, 2.24) is 4.98 Å². The number of hydrogen-bond donors (Lipinski definition) is 3. The zero-order valence-electron chi connectivity index (χ0n) is 12.6. The van der Waals surface area contributed by atoms with Crippen LogP contribution in [0.25, 0.3) is 0 Å². The van der Waals surface area contributed by atoms with Crippen molar-refractivity contribution >= 4 is 5.69 Å². The van der Waals surface area contributed by atoms with Crippen LogP contribution in [0.5, 0.6) is 0 Å². The van der Waals surface area contributed by atoms with E-state index in [0.717, 1.165) is 6.20 Å². The molecule has 0 aromatic carbocycles. The number of halogens is 5. The fraction of sp³-hybridized carbons (Fsp3) is 0.643. The molecule has 5 nitrogen and oxygen atoms in total. The summed E-state index contributed by atoms with van der Waals surface area (Å²) in [6.45, 7) is -0.514. The summed E-state index contributed by atoms with van der Waals surface area (Å²) in [7, 11) is 0. The summed E-state index contributed by atoms with van der Waals surface area (Å²) in [4.78, 5) is 4.80. The first-order valence-electron chi connectivity index (χ1n) is 7.25. The Kier molecular flexibility index (Phi) is 5.31. The van der Waals surface area contributed by atoms with E-state index in [0.29, 0.717) is 19.0 Å². The molecule has 0 bridgehead atoms. The van der Waals surface area contributed by atoms with E-state index in [1.54, 1.807) is 0 Å². The third-order valence-corrected chi connectivity index (χ3v) is 4.15. The molecule has 1 aromatic heterocycles. The second-order valence-electron chi connectivity index (χ2n) is 5.89. The van der Waals surface area contributed by atoms with E-state index >= 15 is 0 Å². The van der Waals surface area contributed by atoms with Gasteiger partial charge in [0, 0.05) is 18.7 Å². The van der Waals surface area contributed by atoms with Crippen molar-refractivity contribution in [2.24, 2.45) is 5.73 Å². The fourth-order valence-electron chi connectivity index (χ4n) is 2.87. The zero-order chi connectivity index (χ0) is 18.1. The SMILES string of the molecule is NC1(C(O)C(F)F)CCCN(c2cnc(C(F)(F)F)cc2CO)C1. The van der Waals surface area contributed by atoms with Crippen LogP contribution in [0.4, 0.5) is 27.6 Å². The van der Waals surface area contributed by atoms with Gasteiger partial charge in [-0.25, -0.2) is 13.8 Å². The molecule has 2 atom stereocenters. The first kappa shape index (κ1) is 18.8. The van der Waals surface area contributed by atoms with Gasteiger partial charge < -0.3 is 20.8 Å². The topological polar surface area (TPSA) is 82.6 Å². The van der Waals surface area contributed by atoms with Gasteiger partial charge in [-0.3, -0.25) is 0 Å². The first-order chi connectivity index (χ1) is 11.1. The number of nitrogens with zero attached hydrogens (tertiary/aromatic N) is 2. The number of aliphatic hydroxyl groups excluding tert-OH is 2. The van der Waals surface area contributed by atoms with Crippen LogP contribution in [0.1, 0.15) is 24.1 Å². The molecule has 1 aliphatic rings. The summed E-state index contributed by atoms with van der Waals surface area (Å²) < 4.78 is 63.7. The second kappa shape index (κ2) is 6.77. The molecule has 1 aliphatic heterocycles. The highest BCUT2D eigenvalue weighted by Gasteiger charge is 2.43. The predicted molar refractivity (Wildman–Crippen MR) is 75.5 cm³/mol. The molecule has 0 aliphatic carbocycles. The van der Waals surface area contributed by atoms with Gasteiger partial charge in [-0.1, -0.05) is 0 Å². The molecule has 0 amide bonds. The highest BCUT2D eigenvalue weighted by Crippen LogP contribution is 2.34. The molecule has 2 rings (SSSR count). The largest absolute Gasteiger partial charge is 0.433 e. The lowest BCUT2D eigenvalue weighted by Crippen LogP contribution is -2.63. The van der Waals surface area contributed by atoms with Crippen LogP contribution in [0.2, 0.25) is 0 Å². The quantitative estimate of drug-likeness (QED) is 0.714. The third kappa shape index (κ3) is 3.76. The summed E-state index contributed by atoms with van der Waals surface area (Å²) in [5, 5.41) is 19.0. The van der Waals surface area contributed by atoms with Gasteiger partial charge in [0.25, 0.3) is 6.43 Å². The standard InChI is InChI=1S/C14H18F5N3O2/c15-12(16)11(24)13(20)2-1-3-22(7-13)9-5-21-10(14(17,18)19)4-8(9)6-23/h4-5,11-12,23-24H,1-3,6-7,20H2. The number of aliphatic hydroxyl groups is 2. The minimum absolute atomic E-state index is 0.0342. The first-order valence-corrected chi connectivity index (χ1v) is 7.25. The number of aromatic nitrogens is 1. The fourth-order valence-corrected chi connectivity index (χ4v) is 2.87. The summed E-state index contributed by atoms with van der Waals surface area (Å²) >= 11 is 0. The Morgan fingerprint density at radius 1 is 1.38 bits per heavy atom. The number of alkyl halides is 5. The van der Waals surface area contributed by atoms with Crippen LogP contribution >= 0.6 is 0 Å². The monoisotopic (exact) mass is 355 g/mol. The highest BCUT2D eigenvalue weighted by molar-refractivity contribution is 5.53. The van der Waals surface area contributed by atoms with Crippen molar-refractivity contribution in [3.63, 3.8) is 0 Å². The van der Waals surface area contributed by atoms with Crippen LogP contribution in [0.15, 0.2) is 12.3 Å². The number of anilines is 1. The number of pyridine rings is 1. The minimum atomic E-state index is -4.66. The van der Waals surface area contributed by atoms with Gasteiger partial charge in [0.15, 0.2) is 0 Å². The van der Waals surface area contributed by atoms with Crippen molar-refractivity contribution < 1.29 is 32.2 Å². The molecular formula is C14H18F5N3O2. The molecule has 1 saturated heterocycles. The molecule has 4 N–H and O–H groups in total. The number of hydrogen-bond acceptors (Lipinski definition) is 5. The molecule has 24 heavy (non-hydrogen) atoms. The van der Waals surface area contributed by atoms with Gasteiger partial charge in [-0.15, -0.1) is 0 Å². The number of piperidine rings is 1. The van der Waals surface area contributed by atoms with E-state index < -0.39 is 36.5 Å². The molecule has 1 fully saturated rings. The Labute approximate surface area is 134 Å². The molecule has 136 valence electrons. The van der Waals surface area contributed by atoms with Crippen molar-refractivity contribution in [1.29, 1.82) is 0 Å². The Morgan fingerprint density at radius 2 is 2.04 bits per heavy atom. The van der Waals surface area contributed by atoms with E-state index in [9.17, 15) is 32.2 Å². The zero-order valence-corrected chi connectivity index (χ0v) is 12.6. The van der Waals surface area contributed by atoms with Crippen molar-refractivity contribution in [2.75, 3.05) is 18.0 Å². The second-order valence-corrected chi connectivity index (χ2v) is 5.89. The van der Waals surface area contributed by atoms with E-state index in [4.69, 9.17) is 5.73 Å². The average Bonchev–Trinajstić information content (AvgIpc) is 2.52. The summed E-state index contributed by atoms with van der Waals surface area (Å²) in [6, 6.07) is 0.714. The molecular weight excluding hydrogens is 337 g/mol. The molecule has 0 saturated carbocycles. The Morgan fingerprint density at radius 3 is 2.58 bits per heavy atom. The lowest BCUT2D eigenvalue weighted by molar-refractivity contribution is -0.141. The maximum absolute atomic E-state index is 12.8. The Bertz CT molecular complexity index is 584. The van der Waals surface area contributed by atoms with Gasteiger partial charge in [0.05, 0.1) is 24.0 Å². The van der Waals surface area contributed by atoms with E-state index in [-0.39, 0.29) is 24.2 Å². The van der Waals surface area contributed by atoms with Crippen LogP contribution in [0.3, 0.4) is 0 Å². The lowest BCUT2D eigenvalue weighted by Gasteiger charge is -2.44. The minimum Gasteiger partial charge on any atom is -0.392 e. The summed E-state index contributed by atoms with van der Waals surface area (Å²) in [5.41, 5.74) is 3.29. The van der Waals surface area contributed by atoms with E-state index in [2.05, 4.69) is 4.98 Å². The van der Waals surface area contributed by atoms with Gasteiger partial charge in [0.2, 0.25) is 0 Å². The van der Waals surface area contributed by atoms with Crippen molar-refractivity contribution in [3.05, 3.63) is 23.5 Å². The van der Waals surface area contributed by atoms with Crippen molar-refractivity contribution in [2.45, 2.75) is 43.7 Å². The molecule has 0 spiro atoms. The maximum atomic E-state index is 12.8. The summed E-state index contributed by atoms with van der Waals surface area (Å²) in [5.74, 6) is 0. The predicted octanol–water partition coefficient (Wildman–Crippen LogP) is 1.52. The average molecular weight is 355 g/mol. The lowest BCUT2D eigenvalue weighted by atomic mass is 9.84. The van der Waals surface area contributed by atoms with Crippen LogP contribution in [-0.4, -0.2) is 46.4 Å². The van der Waals surface area contributed by atoms with E-state index in [1.807, 2.05) is 0 Å². The molecule has 2 unspecified atom stereocenters. The van der Waals surface area contributed by atoms with Crippen LogP contribution in [0, 0.1) is 0 Å². The Balaban J connectivity index is 2.31. The van der Waals surface area contributed by atoms with E-state index in [1.165, 1.54) is 4.90 Å². The van der Waals surface area contributed by atoms with Gasteiger partial charge in [-0.2, -0.15) is 13.2 Å². The number of nitrogens with two attached hydrogens (primary N) is 1. The number of rotatable bonds is 4. The van der Waals surface area contributed by atoms with Crippen molar-refractivity contribution in [3.8, 4) is 0 Å². The molecule has 1 aromatic rings. The Hall–Kier alpha value is -1.52.